The molecule has 1 amide bonds. The highest BCUT2D eigenvalue weighted by atomic mass is 16.2. The summed E-state index contributed by atoms with van der Waals surface area (Å²) in [4.78, 5) is 11.5. The molecule has 0 unspecified atom stereocenters. The van der Waals surface area contributed by atoms with Crippen molar-refractivity contribution in [3.8, 4) is 0 Å². The van der Waals surface area contributed by atoms with Gasteiger partial charge in [-0.05, 0) is 18.8 Å². The number of carbonyl (C=O) groups excluding carboxylic acids is 1. The maximum absolute atomic E-state index is 11.5. The van der Waals surface area contributed by atoms with Crippen LogP contribution >= 0.6 is 0 Å². The number of amides is 1. The highest BCUT2D eigenvalue weighted by Crippen LogP contribution is 2.16. The first-order valence-electron chi connectivity index (χ1n) is 5.04. The van der Waals surface area contributed by atoms with Crippen LogP contribution in [0.25, 0.3) is 0 Å². The van der Waals surface area contributed by atoms with Crippen LogP contribution in [0.1, 0.15) is 34.1 Å². The largest absolute Gasteiger partial charge is 0.354 e. The second-order valence-electron chi connectivity index (χ2n) is 4.49. The van der Waals surface area contributed by atoms with Gasteiger partial charge < -0.3 is 11.1 Å². The molecule has 3 nitrogen and oxygen atoms in total. The average Bonchev–Trinajstić information content (AvgIpc) is 2.09. The van der Waals surface area contributed by atoms with Gasteiger partial charge >= 0.3 is 0 Å². The number of nitrogens with one attached hydrogen (secondary N) is 1. The number of rotatable bonds is 4. The van der Waals surface area contributed by atoms with E-state index in [1.54, 1.807) is 0 Å². The molecule has 0 saturated heterocycles. The first-order chi connectivity index (χ1) is 6.39. The lowest BCUT2D eigenvalue weighted by Crippen LogP contribution is -2.48. The van der Waals surface area contributed by atoms with Crippen LogP contribution in [0.2, 0.25) is 0 Å². The van der Waals surface area contributed by atoms with E-state index in [2.05, 4.69) is 5.32 Å². The molecule has 0 saturated carbocycles. The zero-order valence-electron chi connectivity index (χ0n) is 9.63. The summed E-state index contributed by atoms with van der Waals surface area (Å²) < 4.78 is 0. The van der Waals surface area contributed by atoms with Crippen molar-refractivity contribution in [1.82, 2.24) is 5.32 Å². The van der Waals surface area contributed by atoms with Crippen LogP contribution in [-0.2, 0) is 4.79 Å². The number of carbonyl (C=O) groups is 1. The Labute approximate surface area is 86.8 Å². The van der Waals surface area contributed by atoms with Gasteiger partial charge in [0.25, 0.3) is 0 Å². The third-order valence-corrected chi connectivity index (χ3v) is 2.06. The minimum absolute atomic E-state index is 0.0676. The molecule has 0 aromatic rings. The summed E-state index contributed by atoms with van der Waals surface area (Å²) in [6.07, 6.45) is 4.85. The van der Waals surface area contributed by atoms with Crippen molar-refractivity contribution >= 4 is 5.91 Å². The van der Waals surface area contributed by atoms with Crippen molar-refractivity contribution in [3.05, 3.63) is 12.2 Å². The van der Waals surface area contributed by atoms with E-state index in [-0.39, 0.29) is 11.3 Å². The summed E-state index contributed by atoms with van der Waals surface area (Å²) in [5.41, 5.74) is 5.60. The lowest BCUT2D eigenvalue weighted by atomic mass is 9.87. The second-order valence-corrected chi connectivity index (χ2v) is 4.49. The maximum Gasteiger partial charge on any atom is 0.237 e. The first-order valence-corrected chi connectivity index (χ1v) is 5.04. The van der Waals surface area contributed by atoms with E-state index >= 15 is 0 Å². The molecule has 0 radical (unpaired) electrons. The standard InChI is InChI=1S/C11H22N2O/c1-5-6-7-8-13-10(14)9(12)11(2,3)4/h5-6,9H,7-8,12H2,1-4H3,(H,13,14)/b6-5+/t9-/m1/s1. The Hall–Kier alpha value is -0.830. The molecule has 0 aromatic heterocycles. The number of hydrogen-bond acceptors (Lipinski definition) is 2. The van der Waals surface area contributed by atoms with Gasteiger partial charge in [0.15, 0.2) is 0 Å². The lowest BCUT2D eigenvalue weighted by molar-refractivity contribution is -0.124. The second kappa shape index (κ2) is 5.81. The Morgan fingerprint density at radius 1 is 1.50 bits per heavy atom. The van der Waals surface area contributed by atoms with E-state index in [4.69, 9.17) is 5.73 Å². The van der Waals surface area contributed by atoms with E-state index in [1.807, 2.05) is 39.8 Å². The molecule has 0 aromatic carbocycles. The molecule has 0 aliphatic heterocycles. The zero-order chi connectivity index (χ0) is 11.2. The van der Waals surface area contributed by atoms with Gasteiger partial charge in [-0.1, -0.05) is 32.9 Å². The third kappa shape index (κ3) is 5.02. The van der Waals surface area contributed by atoms with Crippen LogP contribution in [0.5, 0.6) is 0 Å². The highest BCUT2D eigenvalue weighted by Gasteiger charge is 2.26. The van der Waals surface area contributed by atoms with Crippen molar-refractivity contribution in [1.29, 1.82) is 0 Å². The maximum atomic E-state index is 11.5. The van der Waals surface area contributed by atoms with Gasteiger partial charge in [-0.25, -0.2) is 0 Å². The quantitative estimate of drug-likeness (QED) is 0.530. The van der Waals surface area contributed by atoms with Gasteiger partial charge in [0.1, 0.15) is 0 Å². The van der Waals surface area contributed by atoms with Crippen LogP contribution < -0.4 is 11.1 Å². The Morgan fingerprint density at radius 2 is 2.07 bits per heavy atom. The van der Waals surface area contributed by atoms with E-state index in [9.17, 15) is 4.79 Å². The van der Waals surface area contributed by atoms with Gasteiger partial charge in [0.2, 0.25) is 5.91 Å². The summed E-state index contributed by atoms with van der Waals surface area (Å²) >= 11 is 0. The summed E-state index contributed by atoms with van der Waals surface area (Å²) in [5.74, 6) is -0.0676. The predicted octanol–water partition coefficient (Wildman–Crippen LogP) is 1.44. The molecule has 0 aliphatic carbocycles. The molecule has 0 heterocycles. The monoisotopic (exact) mass is 198 g/mol. The molecule has 0 spiro atoms. The summed E-state index contributed by atoms with van der Waals surface area (Å²) in [6.45, 7) is 8.51. The van der Waals surface area contributed by atoms with E-state index in [0.29, 0.717) is 6.54 Å². The van der Waals surface area contributed by atoms with Gasteiger partial charge in [-0.15, -0.1) is 0 Å². The fourth-order valence-corrected chi connectivity index (χ4v) is 0.949. The number of allylic oxidation sites excluding steroid dienone is 1. The molecule has 1 atom stereocenters. The molecule has 0 bridgehead atoms. The van der Waals surface area contributed by atoms with Crippen molar-refractivity contribution in [2.75, 3.05) is 6.54 Å². The minimum atomic E-state index is -0.437. The Morgan fingerprint density at radius 3 is 2.50 bits per heavy atom. The van der Waals surface area contributed by atoms with Gasteiger partial charge in [-0.3, -0.25) is 4.79 Å². The van der Waals surface area contributed by atoms with E-state index in [0.717, 1.165) is 6.42 Å². The van der Waals surface area contributed by atoms with Crippen LogP contribution in [0.15, 0.2) is 12.2 Å². The molecular formula is C11H22N2O. The molecule has 82 valence electrons. The molecule has 0 rings (SSSR count). The van der Waals surface area contributed by atoms with E-state index < -0.39 is 6.04 Å². The SMILES string of the molecule is C/C=C/CCNC(=O)[C@@H](N)C(C)(C)C. The highest BCUT2D eigenvalue weighted by molar-refractivity contribution is 5.82. The molecule has 14 heavy (non-hydrogen) atoms. The normalized spacial score (nSPS) is 14.4. The Bertz CT molecular complexity index is 204. The molecule has 3 heteroatoms. The van der Waals surface area contributed by atoms with Gasteiger partial charge in [0.05, 0.1) is 6.04 Å². The van der Waals surface area contributed by atoms with E-state index in [1.165, 1.54) is 0 Å². The van der Waals surface area contributed by atoms with Crippen molar-refractivity contribution in [2.45, 2.75) is 40.2 Å². The molecular weight excluding hydrogens is 176 g/mol. The number of nitrogens with two attached hydrogens (primary N) is 1. The Balaban J connectivity index is 3.85. The van der Waals surface area contributed by atoms with Gasteiger partial charge in [-0.2, -0.15) is 0 Å². The number of hydrogen-bond donors (Lipinski definition) is 2. The first kappa shape index (κ1) is 13.2. The summed E-state index contributed by atoms with van der Waals surface area (Å²) in [6, 6.07) is -0.437. The van der Waals surface area contributed by atoms with Crippen molar-refractivity contribution in [3.63, 3.8) is 0 Å². The Kier molecular flexibility index (Phi) is 5.46. The molecule has 0 fully saturated rings. The fourth-order valence-electron chi connectivity index (χ4n) is 0.949. The average molecular weight is 198 g/mol. The predicted molar refractivity (Wildman–Crippen MR) is 59.9 cm³/mol. The molecule has 3 N–H and O–H groups in total. The molecule has 0 aliphatic rings. The smallest absolute Gasteiger partial charge is 0.237 e. The minimum Gasteiger partial charge on any atom is -0.354 e. The fraction of sp³-hybridized carbons (Fsp3) is 0.727. The van der Waals surface area contributed by atoms with Crippen molar-refractivity contribution < 1.29 is 4.79 Å². The topological polar surface area (TPSA) is 55.1 Å². The van der Waals surface area contributed by atoms with Crippen LogP contribution in [0, 0.1) is 5.41 Å². The summed E-state index contributed by atoms with van der Waals surface area (Å²) in [5, 5.41) is 2.81. The zero-order valence-corrected chi connectivity index (χ0v) is 9.63. The summed E-state index contributed by atoms with van der Waals surface area (Å²) in [7, 11) is 0. The van der Waals surface area contributed by atoms with Crippen LogP contribution in [-0.4, -0.2) is 18.5 Å². The van der Waals surface area contributed by atoms with Crippen LogP contribution in [0.4, 0.5) is 0 Å². The van der Waals surface area contributed by atoms with Crippen molar-refractivity contribution in [2.24, 2.45) is 11.1 Å². The lowest BCUT2D eigenvalue weighted by Gasteiger charge is -2.25. The van der Waals surface area contributed by atoms with Crippen LogP contribution in [0.3, 0.4) is 0 Å². The van der Waals surface area contributed by atoms with Gasteiger partial charge in [0, 0.05) is 6.54 Å². The third-order valence-electron chi connectivity index (χ3n) is 2.06.